The molecule has 0 bridgehead atoms. The molecule has 0 unspecified atom stereocenters. The second kappa shape index (κ2) is 14.3. The van der Waals surface area contributed by atoms with Crippen LogP contribution in [0, 0.1) is 17.6 Å². The number of cyclic esters (lactones) is 1. The summed E-state index contributed by atoms with van der Waals surface area (Å²) in [5.41, 5.74) is 2.55. The van der Waals surface area contributed by atoms with Gasteiger partial charge in [0.05, 0.1) is 18.1 Å². The molecule has 240 valence electrons. The van der Waals surface area contributed by atoms with Crippen LogP contribution in [0.25, 0.3) is 0 Å². The van der Waals surface area contributed by atoms with Gasteiger partial charge in [-0.3, -0.25) is 4.79 Å². The van der Waals surface area contributed by atoms with Gasteiger partial charge in [0.25, 0.3) is 0 Å². The maximum atomic E-state index is 14.6. The number of imide groups is 1. The number of aliphatic hydroxyl groups excluding tert-OH is 1. The smallest absolute Gasteiger partial charge is 0.417 e. The summed E-state index contributed by atoms with van der Waals surface area (Å²) in [6.45, 7) is 6.26. The lowest BCUT2D eigenvalue weighted by Gasteiger charge is -2.33. The quantitative estimate of drug-likeness (QED) is 0.151. The predicted octanol–water partition coefficient (Wildman–Crippen LogP) is 8.18. The Morgan fingerprint density at radius 2 is 1.48 bits per heavy atom. The van der Waals surface area contributed by atoms with Crippen LogP contribution in [0.15, 0.2) is 103 Å². The molecule has 0 spiro atoms. The van der Waals surface area contributed by atoms with Crippen LogP contribution in [-0.4, -0.2) is 36.9 Å². The number of hydrogen-bond donors (Lipinski definition) is 2. The monoisotopic (exact) mass is 644 g/mol. The lowest BCUT2D eigenvalue weighted by molar-refractivity contribution is -0.134. The van der Waals surface area contributed by atoms with Gasteiger partial charge in [0.1, 0.15) is 30.0 Å². The molecule has 2 N–H and O–H groups in total. The molecule has 1 heterocycles. The predicted molar refractivity (Wildman–Crippen MR) is 175 cm³/mol. The molecule has 1 aliphatic rings. The summed E-state index contributed by atoms with van der Waals surface area (Å²) in [6.07, 6.45) is -1.46. The van der Waals surface area contributed by atoms with Crippen LogP contribution in [0.4, 0.5) is 19.3 Å². The third kappa shape index (κ3) is 8.18. The number of nitrogens with one attached hydrogen (secondary N) is 1. The molecular weight excluding hydrogens is 606 g/mol. The van der Waals surface area contributed by atoms with Crippen molar-refractivity contribution in [3.05, 3.63) is 131 Å². The largest absolute Gasteiger partial charge is 0.544 e. The van der Waals surface area contributed by atoms with E-state index < -0.39 is 56.1 Å². The topological polar surface area (TPSA) is 88.1 Å². The molecule has 1 aliphatic heterocycles. The normalized spacial score (nSPS) is 16.8. The molecule has 2 amide bonds. The van der Waals surface area contributed by atoms with Crippen molar-refractivity contribution in [3.63, 3.8) is 0 Å². The first-order chi connectivity index (χ1) is 22.0. The second-order valence-electron chi connectivity index (χ2n) is 12.4. The first kappa shape index (κ1) is 32.8. The first-order valence-electron chi connectivity index (χ1n) is 15.3. The summed E-state index contributed by atoms with van der Waals surface area (Å²) in [5, 5.41) is 14.5. The molecule has 7 nitrogen and oxygen atoms in total. The molecule has 1 saturated heterocycles. The van der Waals surface area contributed by atoms with E-state index in [0.29, 0.717) is 17.0 Å². The molecule has 46 heavy (non-hydrogen) atoms. The fraction of sp³-hybridized carbons (Fsp3) is 0.278. The maximum Gasteiger partial charge on any atom is 0.417 e. The number of rotatable bonds is 12. The van der Waals surface area contributed by atoms with E-state index in [0.717, 1.165) is 16.0 Å². The zero-order chi connectivity index (χ0) is 32.8. The summed E-state index contributed by atoms with van der Waals surface area (Å²) >= 11 is 0. The summed E-state index contributed by atoms with van der Waals surface area (Å²) in [4.78, 5) is 28.9. The minimum Gasteiger partial charge on any atom is -0.544 e. The molecule has 4 atom stereocenters. The number of amides is 2. The molecule has 4 aromatic carbocycles. The van der Waals surface area contributed by atoms with Gasteiger partial charge in [-0.25, -0.2) is 18.5 Å². The number of carbonyl (C=O) groups excluding carboxylic acids is 2. The minimum atomic E-state index is -1.89. The average molecular weight is 645 g/mol. The van der Waals surface area contributed by atoms with Crippen LogP contribution in [0.2, 0.25) is 19.6 Å². The molecule has 0 aliphatic carbocycles. The van der Waals surface area contributed by atoms with Gasteiger partial charge in [0, 0.05) is 5.69 Å². The number of aliphatic hydroxyl groups is 1. The highest BCUT2D eigenvalue weighted by molar-refractivity contribution is 6.70. The lowest BCUT2D eigenvalue weighted by atomic mass is 9.85. The van der Waals surface area contributed by atoms with Crippen LogP contribution in [-0.2, 0) is 9.53 Å². The van der Waals surface area contributed by atoms with Gasteiger partial charge in [-0.15, -0.1) is 0 Å². The van der Waals surface area contributed by atoms with E-state index in [9.17, 15) is 23.5 Å². The molecule has 5 rings (SSSR count). The molecular formula is C36H38F2N2O5Si. The van der Waals surface area contributed by atoms with Crippen molar-refractivity contribution in [1.82, 2.24) is 4.90 Å². The lowest BCUT2D eigenvalue weighted by Crippen LogP contribution is -2.42. The third-order valence-corrected chi connectivity index (χ3v) is 8.70. The van der Waals surface area contributed by atoms with Gasteiger partial charge >= 0.3 is 6.09 Å². The number of hydrogen-bond acceptors (Lipinski definition) is 6. The Hall–Kier alpha value is -4.54. The van der Waals surface area contributed by atoms with Gasteiger partial charge in [0.2, 0.25) is 14.2 Å². The van der Waals surface area contributed by atoms with E-state index in [-0.39, 0.29) is 19.4 Å². The number of ether oxygens (including phenoxy) is 1. The Balaban J connectivity index is 1.54. The van der Waals surface area contributed by atoms with E-state index in [1.807, 2.05) is 54.6 Å². The summed E-state index contributed by atoms with van der Waals surface area (Å²) < 4.78 is 39.0. The van der Waals surface area contributed by atoms with E-state index in [1.54, 1.807) is 12.1 Å². The Kier molecular flexibility index (Phi) is 10.2. The third-order valence-electron chi connectivity index (χ3n) is 7.85. The fourth-order valence-corrected chi connectivity index (χ4v) is 6.47. The van der Waals surface area contributed by atoms with Crippen LogP contribution >= 0.6 is 0 Å². The minimum absolute atomic E-state index is 0.0122. The second-order valence-corrected chi connectivity index (χ2v) is 16.8. The van der Waals surface area contributed by atoms with Gasteiger partial charge in [-0.05, 0) is 97.7 Å². The van der Waals surface area contributed by atoms with Crippen LogP contribution in [0.1, 0.15) is 47.7 Å². The van der Waals surface area contributed by atoms with Crippen LogP contribution < -0.4 is 9.74 Å². The van der Waals surface area contributed by atoms with Crippen molar-refractivity contribution in [2.24, 2.45) is 5.92 Å². The molecule has 0 radical (unpaired) electrons. The number of nitrogens with zero attached hydrogens (tertiary/aromatic N) is 1. The molecule has 4 aromatic rings. The van der Waals surface area contributed by atoms with Gasteiger partial charge in [-0.1, -0.05) is 54.6 Å². The van der Waals surface area contributed by atoms with Gasteiger partial charge < -0.3 is 19.6 Å². The van der Waals surface area contributed by atoms with Gasteiger partial charge in [-0.2, -0.15) is 0 Å². The highest BCUT2D eigenvalue weighted by Crippen LogP contribution is 2.38. The first-order valence-corrected chi connectivity index (χ1v) is 18.7. The average Bonchev–Trinajstić information content (AvgIpc) is 3.43. The Morgan fingerprint density at radius 3 is 2.09 bits per heavy atom. The van der Waals surface area contributed by atoms with E-state index >= 15 is 0 Å². The van der Waals surface area contributed by atoms with Crippen molar-refractivity contribution < 1.29 is 32.6 Å². The summed E-state index contributed by atoms with van der Waals surface area (Å²) in [7, 11) is -1.89. The number of anilines is 1. The van der Waals surface area contributed by atoms with E-state index in [1.165, 1.54) is 36.4 Å². The summed E-state index contributed by atoms with van der Waals surface area (Å²) in [6, 6.07) is 26.6. The number of benzene rings is 4. The molecule has 10 heteroatoms. The standard InChI is InChI=1S/C36H38F2N2O5Si/c1-46(2,3)45-30-19-11-26(12-20-30)34(39-29-17-15-28(38)16-18-29)31(21-22-33(41)25-9-13-27(37)14-10-25)35(42)40-32(23-44-36(40)43)24-7-5-4-6-8-24/h4-20,31-34,39,41H,21-23H2,1-3H3/t31-,32-,33+,34-/m1/s1. The zero-order valence-corrected chi connectivity index (χ0v) is 27.0. The van der Waals surface area contributed by atoms with Crippen LogP contribution in [0.5, 0.6) is 5.75 Å². The van der Waals surface area contributed by atoms with Gasteiger partial charge in [0.15, 0.2) is 0 Å². The van der Waals surface area contributed by atoms with Crippen LogP contribution in [0.3, 0.4) is 0 Å². The highest BCUT2D eigenvalue weighted by Gasteiger charge is 2.44. The number of carbonyl (C=O) groups is 2. The SMILES string of the molecule is C[Si](C)(C)Oc1ccc([C@@H](Nc2ccc(F)cc2)[C@@H](CC[C@H](O)c2ccc(F)cc2)C(=O)N2C(=O)OC[C@@H]2c2ccccc2)cc1. The van der Waals surface area contributed by atoms with Crippen molar-refractivity contribution in [2.45, 2.75) is 50.7 Å². The molecule has 1 fully saturated rings. The van der Waals surface area contributed by atoms with Crippen molar-refractivity contribution in [2.75, 3.05) is 11.9 Å². The van der Waals surface area contributed by atoms with Crippen molar-refractivity contribution in [1.29, 1.82) is 0 Å². The van der Waals surface area contributed by atoms with E-state index in [2.05, 4.69) is 25.0 Å². The molecule has 0 saturated carbocycles. The maximum absolute atomic E-state index is 14.6. The Labute approximate surface area is 268 Å². The fourth-order valence-electron chi connectivity index (χ4n) is 5.62. The van der Waals surface area contributed by atoms with E-state index in [4.69, 9.17) is 9.16 Å². The zero-order valence-electron chi connectivity index (χ0n) is 26.0. The Bertz CT molecular complexity index is 1610. The summed E-state index contributed by atoms with van der Waals surface area (Å²) in [5.74, 6) is -1.50. The number of halogens is 2. The Morgan fingerprint density at radius 1 is 0.891 bits per heavy atom. The van der Waals surface area contributed by atoms with Crippen molar-refractivity contribution >= 4 is 26.0 Å². The molecule has 0 aromatic heterocycles. The highest BCUT2D eigenvalue weighted by atomic mass is 28.4. The van der Waals surface area contributed by atoms with Crippen molar-refractivity contribution in [3.8, 4) is 5.75 Å².